The molecule has 2 atom stereocenters. The van der Waals surface area contributed by atoms with Gasteiger partial charge in [0.2, 0.25) is 0 Å². The molecule has 3 aliphatic rings. The highest BCUT2D eigenvalue weighted by Crippen LogP contribution is 2.50. The molecule has 2 N–H and O–H groups in total. The molecule has 0 spiro atoms. The minimum Gasteiger partial charge on any atom is -0.335 e. The number of benzene rings is 1. The van der Waals surface area contributed by atoms with Crippen molar-refractivity contribution in [3.05, 3.63) is 79.7 Å². The molecule has 0 fully saturated rings. The van der Waals surface area contributed by atoms with Gasteiger partial charge in [-0.2, -0.15) is 16.8 Å². The molecule has 212 valence electrons. The lowest BCUT2D eigenvalue weighted by molar-refractivity contribution is 0.478. The third kappa shape index (κ3) is 8.42. The van der Waals surface area contributed by atoms with Crippen LogP contribution in [0.25, 0.3) is 0 Å². The highest BCUT2D eigenvalue weighted by Gasteiger charge is 2.34. The van der Waals surface area contributed by atoms with Crippen molar-refractivity contribution in [1.82, 2.24) is 0 Å². The minimum absolute atomic E-state index is 0.0510. The van der Waals surface area contributed by atoms with E-state index in [0.29, 0.717) is 29.4 Å². The predicted molar refractivity (Wildman–Crippen MR) is 163 cm³/mol. The van der Waals surface area contributed by atoms with Crippen LogP contribution in [0.3, 0.4) is 0 Å². The zero-order valence-electron chi connectivity index (χ0n) is 21.1. The molecule has 0 radical (unpaired) electrons. The lowest BCUT2D eigenvalue weighted by atomic mass is 9.88. The van der Waals surface area contributed by atoms with Crippen molar-refractivity contribution in [3.8, 4) is 0 Å². The lowest BCUT2D eigenvalue weighted by Crippen LogP contribution is -2.21. The molecule has 0 saturated heterocycles. The van der Waals surface area contributed by atoms with Gasteiger partial charge in [-0.15, -0.1) is 11.8 Å². The summed E-state index contributed by atoms with van der Waals surface area (Å²) in [5, 5.41) is 2.31. The van der Waals surface area contributed by atoms with Crippen LogP contribution in [-0.4, -0.2) is 49.2 Å². The average molecular weight is 651 g/mol. The Bertz CT molecular complexity index is 1500. The number of rotatable bonds is 11. The first-order valence-corrected chi connectivity index (χ1v) is 18.0. The van der Waals surface area contributed by atoms with Crippen molar-refractivity contribution < 1.29 is 25.9 Å². The van der Waals surface area contributed by atoms with E-state index in [-0.39, 0.29) is 29.1 Å². The number of allylic oxidation sites excluding steroid dienone is 7. The second kappa shape index (κ2) is 12.8. The van der Waals surface area contributed by atoms with E-state index in [2.05, 4.69) is 25.2 Å². The standard InChI is InChI=1S/C26H29Cl2NO6S4/c1-2-17(13-25-20(5-3-11-38(30,31)32)21-15-18(27)6-8-23(21)36-25)14-26-29(10-4-12-39(33,34)35)22-16-19(28)7-9-24(22)37-26/h6-9,13-16,21,23H,2-5,10-12H2,1H3,(H,30,31,32)(H,33,34,35)/b17-13+,26-14-. The number of halogens is 2. The fourth-order valence-corrected chi connectivity index (χ4v) is 8.65. The molecule has 2 aliphatic heterocycles. The topological polar surface area (TPSA) is 112 Å². The number of thioether (sulfide) groups is 2. The summed E-state index contributed by atoms with van der Waals surface area (Å²) in [5.41, 5.74) is 3.03. The molecule has 2 heterocycles. The SMILES string of the molecule is CCC(/C=C1\Sc2ccc(Cl)cc2N1CCCS(=O)(=O)O)=C\C1=C(CCCS(=O)(=O)O)C2C=C(Cl)C=CC2S1. The van der Waals surface area contributed by atoms with E-state index in [4.69, 9.17) is 23.2 Å². The predicted octanol–water partition coefficient (Wildman–Crippen LogP) is 7.05. The molecule has 39 heavy (non-hydrogen) atoms. The van der Waals surface area contributed by atoms with Gasteiger partial charge in [-0.1, -0.05) is 54.0 Å². The van der Waals surface area contributed by atoms with Crippen molar-refractivity contribution in [1.29, 1.82) is 0 Å². The molecule has 1 aromatic carbocycles. The third-order valence-electron chi connectivity index (χ3n) is 6.48. The summed E-state index contributed by atoms with van der Waals surface area (Å²) in [6.07, 6.45) is 11.9. The largest absolute Gasteiger partial charge is 0.335 e. The molecule has 0 amide bonds. The molecule has 2 unspecified atom stereocenters. The van der Waals surface area contributed by atoms with Crippen LogP contribution in [0.15, 0.2) is 79.6 Å². The molecule has 7 nitrogen and oxygen atoms in total. The first-order valence-electron chi connectivity index (χ1n) is 12.4. The van der Waals surface area contributed by atoms with Gasteiger partial charge < -0.3 is 4.90 Å². The van der Waals surface area contributed by atoms with Crippen molar-refractivity contribution in [2.45, 2.75) is 42.8 Å². The molecule has 0 aromatic heterocycles. The Morgan fingerprint density at radius 3 is 2.51 bits per heavy atom. The van der Waals surface area contributed by atoms with Gasteiger partial charge in [0.25, 0.3) is 20.2 Å². The van der Waals surface area contributed by atoms with Gasteiger partial charge in [0.05, 0.1) is 22.2 Å². The summed E-state index contributed by atoms with van der Waals surface area (Å²) in [4.78, 5) is 4.08. The molecule has 13 heteroatoms. The van der Waals surface area contributed by atoms with Crippen LogP contribution in [0, 0.1) is 5.92 Å². The zero-order valence-corrected chi connectivity index (χ0v) is 25.9. The molecule has 0 bridgehead atoms. The third-order valence-corrected chi connectivity index (χ3v) is 11.0. The number of nitrogens with zero attached hydrogens (tertiary/aromatic N) is 1. The fourth-order valence-electron chi connectivity index (χ4n) is 4.68. The summed E-state index contributed by atoms with van der Waals surface area (Å²) >= 11 is 15.8. The Morgan fingerprint density at radius 2 is 1.82 bits per heavy atom. The van der Waals surface area contributed by atoms with Gasteiger partial charge in [0.15, 0.2) is 0 Å². The van der Waals surface area contributed by atoms with E-state index in [9.17, 15) is 25.9 Å². The fraction of sp³-hybridized carbons (Fsp3) is 0.385. The highest BCUT2D eigenvalue weighted by atomic mass is 35.5. The van der Waals surface area contributed by atoms with Gasteiger partial charge in [-0.05, 0) is 73.3 Å². The van der Waals surface area contributed by atoms with E-state index < -0.39 is 20.2 Å². The normalized spacial score (nSPS) is 22.5. The maximum absolute atomic E-state index is 11.3. The second-order valence-corrected chi connectivity index (χ2v) is 15.7. The Kier molecular flexibility index (Phi) is 10.1. The summed E-state index contributed by atoms with van der Waals surface area (Å²) in [7, 11) is -8.12. The van der Waals surface area contributed by atoms with Crippen molar-refractivity contribution in [2.75, 3.05) is 23.0 Å². The van der Waals surface area contributed by atoms with Crippen molar-refractivity contribution in [2.24, 2.45) is 5.92 Å². The summed E-state index contributed by atoms with van der Waals surface area (Å²) in [6.45, 7) is 2.44. The van der Waals surface area contributed by atoms with Crippen LogP contribution in [0.2, 0.25) is 5.02 Å². The minimum atomic E-state index is -4.07. The molecular weight excluding hydrogens is 621 g/mol. The Morgan fingerprint density at radius 1 is 1.10 bits per heavy atom. The molecule has 1 aliphatic carbocycles. The van der Waals surface area contributed by atoms with Crippen LogP contribution in [0.4, 0.5) is 5.69 Å². The molecule has 0 saturated carbocycles. The van der Waals surface area contributed by atoms with Crippen LogP contribution in [0.5, 0.6) is 0 Å². The highest BCUT2D eigenvalue weighted by molar-refractivity contribution is 8.04. The van der Waals surface area contributed by atoms with E-state index >= 15 is 0 Å². The second-order valence-electron chi connectivity index (χ2n) is 9.36. The Hall–Kier alpha value is -1.18. The van der Waals surface area contributed by atoms with Crippen LogP contribution in [-0.2, 0) is 20.2 Å². The smallest absolute Gasteiger partial charge is 0.264 e. The number of hydrogen-bond acceptors (Lipinski definition) is 7. The number of hydrogen-bond donors (Lipinski definition) is 2. The Balaban J connectivity index is 1.66. The van der Waals surface area contributed by atoms with Gasteiger partial charge >= 0.3 is 0 Å². The average Bonchev–Trinajstić information content (AvgIpc) is 3.34. The van der Waals surface area contributed by atoms with E-state index in [0.717, 1.165) is 38.1 Å². The first-order chi connectivity index (χ1) is 18.3. The van der Waals surface area contributed by atoms with Crippen LogP contribution < -0.4 is 4.90 Å². The number of fused-ring (bicyclic) bond motifs is 2. The maximum Gasteiger partial charge on any atom is 0.264 e. The first kappa shape index (κ1) is 30.8. The quantitative estimate of drug-likeness (QED) is 0.243. The molecular formula is C26H29Cl2NO6S4. The van der Waals surface area contributed by atoms with Crippen molar-refractivity contribution in [3.63, 3.8) is 0 Å². The van der Waals surface area contributed by atoms with E-state index in [1.807, 2.05) is 35.3 Å². The molecule has 1 aromatic rings. The summed E-state index contributed by atoms with van der Waals surface area (Å²) < 4.78 is 63.7. The van der Waals surface area contributed by atoms with Gasteiger partial charge in [0.1, 0.15) is 0 Å². The summed E-state index contributed by atoms with van der Waals surface area (Å²) in [5.74, 6) is -0.588. The maximum atomic E-state index is 11.3. The van der Waals surface area contributed by atoms with Gasteiger partial charge in [-0.25, -0.2) is 0 Å². The lowest BCUT2D eigenvalue weighted by Gasteiger charge is -2.21. The monoisotopic (exact) mass is 649 g/mol. The van der Waals surface area contributed by atoms with Gasteiger partial charge in [-0.3, -0.25) is 9.11 Å². The summed E-state index contributed by atoms with van der Waals surface area (Å²) in [6, 6.07) is 5.60. The zero-order chi connectivity index (χ0) is 28.4. The van der Waals surface area contributed by atoms with Crippen LogP contribution >= 0.6 is 46.7 Å². The van der Waals surface area contributed by atoms with Crippen LogP contribution in [0.1, 0.15) is 32.6 Å². The van der Waals surface area contributed by atoms with Crippen molar-refractivity contribution >= 4 is 72.6 Å². The van der Waals surface area contributed by atoms with E-state index in [1.54, 1.807) is 23.5 Å². The molecule has 4 rings (SSSR count). The Labute approximate surface area is 248 Å². The van der Waals surface area contributed by atoms with Gasteiger partial charge in [0, 0.05) is 37.6 Å². The van der Waals surface area contributed by atoms with E-state index in [1.165, 1.54) is 0 Å². The number of anilines is 1.